The zero-order valence-electron chi connectivity index (χ0n) is 16.4. The number of nitrogens with zero attached hydrogens (tertiary/aromatic N) is 4. The second kappa shape index (κ2) is 6.33. The minimum absolute atomic E-state index is 0.0700. The summed E-state index contributed by atoms with van der Waals surface area (Å²) < 4.78 is 5.72. The smallest absolute Gasteiger partial charge is 0.232 e. The summed E-state index contributed by atoms with van der Waals surface area (Å²) in [5.41, 5.74) is 1.83. The maximum Gasteiger partial charge on any atom is 0.232 e. The van der Waals surface area contributed by atoms with E-state index in [2.05, 4.69) is 42.3 Å². The summed E-state index contributed by atoms with van der Waals surface area (Å²) >= 11 is 0. The summed E-state index contributed by atoms with van der Waals surface area (Å²) in [6.45, 7) is 7.28. The predicted octanol–water partition coefficient (Wildman–Crippen LogP) is 4.34. The number of pyridine rings is 1. The van der Waals surface area contributed by atoms with Crippen LogP contribution in [0, 0.1) is 16.7 Å². The highest BCUT2D eigenvalue weighted by molar-refractivity contribution is 5.46. The van der Waals surface area contributed by atoms with Gasteiger partial charge in [0.15, 0.2) is 5.82 Å². The summed E-state index contributed by atoms with van der Waals surface area (Å²) in [4.78, 5) is 8.91. The number of aromatic nitrogens is 3. The average Bonchev–Trinajstić information content (AvgIpc) is 3.20. The van der Waals surface area contributed by atoms with Crippen LogP contribution in [0.5, 0.6) is 0 Å². The number of nitrogens with one attached hydrogen (secondary N) is 1. The van der Waals surface area contributed by atoms with Crippen LogP contribution in [-0.4, -0.2) is 21.7 Å². The van der Waals surface area contributed by atoms with Gasteiger partial charge in [-0.1, -0.05) is 25.9 Å². The summed E-state index contributed by atoms with van der Waals surface area (Å²) in [7, 11) is 0. The molecule has 0 aromatic carbocycles. The quantitative estimate of drug-likeness (QED) is 0.867. The molecule has 2 aromatic rings. The van der Waals surface area contributed by atoms with E-state index in [-0.39, 0.29) is 10.8 Å². The van der Waals surface area contributed by atoms with Crippen LogP contribution in [0.25, 0.3) is 0 Å². The van der Waals surface area contributed by atoms with Crippen molar-refractivity contribution >= 4 is 5.69 Å². The molecule has 0 unspecified atom stereocenters. The Morgan fingerprint density at radius 1 is 1.15 bits per heavy atom. The summed E-state index contributed by atoms with van der Waals surface area (Å²) in [5, 5.41) is 16.8. The van der Waals surface area contributed by atoms with E-state index in [0.29, 0.717) is 11.0 Å². The molecule has 3 aliphatic rings. The van der Waals surface area contributed by atoms with E-state index in [1.165, 1.54) is 19.3 Å². The van der Waals surface area contributed by atoms with Gasteiger partial charge < -0.3 is 9.84 Å². The zero-order chi connectivity index (χ0) is 19.1. The second-order valence-electron chi connectivity index (χ2n) is 9.38. The third-order valence-electron chi connectivity index (χ3n) is 6.49. The van der Waals surface area contributed by atoms with Gasteiger partial charge in [-0.25, -0.2) is 0 Å². The molecule has 3 aliphatic carbocycles. The van der Waals surface area contributed by atoms with Crippen LogP contribution in [0.15, 0.2) is 23.0 Å². The molecule has 3 fully saturated rings. The molecule has 0 spiro atoms. The van der Waals surface area contributed by atoms with Crippen molar-refractivity contribution in [3.63, 3.8) is 0 Å². The molecule has 1 N–H and O–H groups in total. The SMILES string of the molecule is CC(C)(C)c1noc(C23CCC(CNc4cncc(C#N)c4)(CC2)CC3)n1. The van der Waals surface area contributed by atoms with Crippen LogP contribution in [0.2, 0.25) is 0 Å². The normalized spacial score (nSPS) is 27.3. The number of hydrogen-bond acceptors (Lipinski definition) is 6. The highest BCUT2D eigenvalue weighted by Crippen LogP contribution is 2.57. The summed E-state index contributed by atoms with van der Waals surface area (Å²) in [6.07, 6.45) is 10.2. The van der Waals surface area contributed by atoms with Gasteiger partial charge in [-0.3, -0.25) is 4.98 Å². The molecular formula is C21H27N5O. The Morgan fingerprint density at radius 2 is 1.85 bits per heavy atom. The fourth-order valence-electron chi connectivity index (χ4n) is 4.48. The van der Waals surface area contributed by atoms with E-state index < -0.39 is 0 Å². The minimum Gasteiger partial charge on any atom is -0.383 e. The Hall–Kier alpha value is -2.42. The third-order valence-corrected chi connectivity index (χ3v) is 6.49. The molecule has 2 bridgehead atoms. The molecule has 0 atom stereocenters. The average molecular weight is 365 g/mol. The van der Waals surface area contributed by atoms with E-state index in [9.17, 15) is 0 Å². The van der Waals surface area contributed by atoms with Crippen LogP contribution in [0.1, 0.15) is 76.6 Å². The fraction of sp³-hybridized carbons (Fsp3) is 0.619. The van der Waals surface area contributed by atoms with Gasteiger partial charge in [-0.05, 0) is 50.0 Å². The molecule has 0 amide bonds. The highest BCUT2D eigenvalue weighted by atomic mass is 16.5. The number of rotatable bonds is 4. The van der Waals surface area contributed by atoms with E-state index in [1.54, 1.807) is 12.4 Å². The van der Waals surface area contributed by atoms with Crippen molar-refractivity contribution in [2.45, 2.75) is 70.1 Å². The Balaban J connectivity index is 1.43. The zero-order valence-corrected chi connectivity index (χ0v) is 16.4. The van der Waals surface area contributed by atoms with Gasteiger partial charge in [-0.2, -0.15) is 10.2 Å². The largest absolute Gasteiger partial charge is 0.383 e. The van der Waals surface area contributed by atoms with Crippen LogP contribution in [0.3, 0.4) is 0 Å². The van der Waals surface area contributed by atoms with Crippen molar-refractivity contribution < 1.29 is 4.52 Å². The van der Waals surface area contributed by atoms with Gasteiger partial charge in [0.25, 0.3) is 0 Å². The molecule has 5 rings (SSSR count). The van der Waals surface area contributed by atoms with Crippen molar-refractivity contribution in [1.29, 1.82) is 5.26 Å². The maximum atomic E-state index is 9.03. The standard InChI is InChI=1S/C21H27N5O/c1-19(2,3)17-25-18(27-26-17)21-7-4-20(5-8-21,6-9-21)14-24-16-10-15(11-22)12-23-13-16/h10,12-13,24H,4-9,14H2,1-3H3. The van der Waals surface area contributed by atoms with Crippen LogP contribution < -0.4 is 5.32 Å². The molecule has 142 valence electrons. The highest BCUT2D eigenvalue weighted by Gasteiger charge is 2.52. The summed E-state index contributed by atoms with van der Waals surface area (Å²) in [6, 6.07) is 4.01. The minimum atomic E-state index is -0.0819. The van der Waals surface area contributed by atoms with E-state index in [4.69, 9.17) is 14.8 Å². The first-order valence-electron chi connectivity index (χ1n) is 9.78. The monoisotopic (exact) mass is 365 g/mol. The van der Waals surface area contributed by atoms with Crippen LogP contribution in [-0.2, 0) is 10.8 Å². The van der Waals surface area contributed by atoms with Gasteiger partial charge in [0, 0.05) is 23.6 Å². The van der Waals surface area contributed by atoms with Crippen LogP contribution in [0.4, 0.5) is 5.69 Å². The number of nitriles is 1. The van der Waals surface area contributed by atoms with Crippen molar-refractivity contribution in [1.82, 2.24) is 15.1 Å². The van der Waals surface area contributed by atoms with Crippen molar-refractivity contribution in [2.24, 2.45) is 5.41 Å². The number of hydrogen-bond donors (Lipinski definition) is 1. The Labute approximate surface area is 160 Å². The number of anilines is 1. The first-order chi connectivity index (χ1) is 12.8. The van der Waals surface area contributed by atoms with E-state index in [0.717, 1.165) is 43.2 Å². The molecule has 0 saturated heterocycles. The second-order valence-corrected chi connectivity index (χ2v) is 9.38. The molecule has 0 aliphatic heterocycles. The van der Waals surface area contributed by atoms with Gasteiger partial charge >= 0.3 is 0 Å². The Morgan fingerprint density at radius 3 is 2.44 bits per heavy atom. The lowest BCUT2D eigenvalue weighted by molar-refractivity contribution is 0.0322. The van der Waals surface area contributed by atoms with Crippen molar-refractivity contribution in [2.75, 3.05) is 11.9 Å². The van der Waals surface area contributed by atoms with Gasteiger partial charge in [0.05, 0.1) is 17.4 Å². The fourth-order valence-corrected chi connectivity index (χ4v) is 4.48. The topological polar surface area (TPSA) is 87.6 Å². The lowest BCUT2D eigenvalue weighted by Gasteiger charge is -2.52. The van der Waals surface area contributed by atoms with Crippen LogP contribution >= 0.6 is 0 Å². The van der Waals surface area contributed by atoms with Gasteiger partial charge in [0.2, 0.25) is 5.89 Å². The number of fused-ring (bicyclic) bond motifs is 3. The lowest BCUT2D eigenvalue weighted by atomic mass is 9.53. The first-order valence-corrected chi connectivity index (χ1v) is 9.78. The Kier molecular flexibility index (Phi) is 4.21. The Bertz CT molecular complexity index is 849. The van der Waals surface area contributed by atoms with Gasteiger partial charge in [0.1, 0.15) is 6.07 Å². The maximum absolute atomic E-state index is 9.03. The lowest BCUT2D eigenvalue weighted by Crippen LogP contribution is -2.47. The third kappa shape index (κ3) is 3.31. The van der Waals surface area contributed by atoms with Crippen molar-refractivity contribution in [3.05, 3.63) is 35.7 Å². The molecule has 2 aromatic heterocycles. The molecule has 27 heavy (non-hydrogen) atoms. The molecule has 3 saturated carbocycles. The van der Waals surface area contributed by atoms with E-state index in [1.807, 2.05) is 6.07 Å². The van der Waals surface area contributed by atoms with Crippen molar-refractivity contribution in [3.8, 4) is 6.07 Å². The first kappa shape index (κ1) is 18.0. The summed E-state index contributed by atoms with van der Waals surface area (Å²) in [5.74, 6) is 1.65. The van der Waals surface area contributed by atoms with Gasteiger partial charge in [-0.15, -0.1) is 0 Å². The molecule has 6 heteroatoms. The molecule has 0 radical (unpaired) electrons. The van der Waals surface area contributed by atoms with E-state index >= 15 is 0 Å². The predicted molar refractivity (Wildman–Crippen MR) is 102 cm³/mol. The molecule has 2 heterocycles. The molecule has 6 nitrogen and oxygen atoms in total. The molecular weight excluding hydrogens is 338 g/mol.